The molecule has 0 aromatic heterocycles. The van der Waals surface area contributed by atoms with Gasteiger partial charge in [-0.15, -0.1) is 0 Å². The van der Waals surface area contributed by atoms with E-state index in [1.165, 1.54) is 12.8 Å². The van der Waals surface area contributed by atoms with Crippen LogP contribution in [0.4, 0.5) is 0 Å². The van der Waals surface area contributed by atoms with E-state index in [0.717, 1.165) is 50.7 Å². The quantitative estimate of drug-likeness (QED) is 0.634. The third-order valence-electron chi connectivity index (χ3n) is 8.26. The molecule has 5 rings (SSSR count). The molecule has 2 unspecified atom stereocenters. The Balaban J connectivity index is 1.47. The summed E-state index contributed by atoms with van der Waals surface area (Å²) >= 11 is 0. The topological polar surface area (TPSA) is 35.5 Å². The van der Waals surface area contributed by atoms with E-state index < -0.39 is 0 Å². The molecule has 3 saturated carbocycles. The summed E-state index contributed by atoms with van der Waals surface area (Å²) in [6, 6.07) is 0. The number of fused-ring (bicyclic) bond motifs is 6. The highest BCUT2D eigenvalue weighted by Gasteiger charge is 2.58. The van der Waals surface area contributed by atoms with Crippen molar-refractivity contribution in [3.8, 4) is 0 Å². The van der Waals surface area contributed by atoms with Crippen LogP contribution in [0.5, 0.6) is 0 Å². The predicted molar refractivity (Wildman–Crippen MR) is 91.5 cm³/mol. The molecule has 24 heavy (non-hydrogen) atoms. The summed E-state index contributed by atoms with van der Waals surface area (Å²) in [4.78, 5) is 12.5. The van der Waals surface area contributed by atoms with Gasteiger partial charge < -0.3 is 9.47 Å². The highest BCUT2D eigenvalue weighted by Crippen LogP contribution is 2.62. The Morgan fingerprint density at radius 3 is 2.92 bits per heavy atom. The lowest BCUT2D eigenvalue weighted by Gasteiger charge is -2.55. The van der Waals surface area contributed by atoms with Crippen molar-refractivity contribution in [2.75, 3.05) is 13.2 Å². The lowest BCUT2D eigenvalue weighted by Crippen LogP contribution is -2.52. The number of hydrogen-bond acceptors (Lipinski definition) is 3. The van der Waals surface area contributed by atoms with E-state index in [9.17, 15) is 4.79 Å². The van der Waals surface area contributed by atoms with Gasteiger partial charge in [0.15, 0.2) is 0 Å². The fourth-order valence-electron chi connectivity index (χ4n) is 7.14. The van der Waals surface area contributed by atoms with Gasteiger partial charge in [-0.1, -0.05) is 25.5 Å². The molecule has 3 nitrogen and oxygen atoms in total. The molecule has 8 atom stereocenters. The first-order valence-corrected chi connectivity index (χ1v) is 10.0. The first-order valence-electron chi connectivity index (χ1n) is 10.0. The number of Topliss-reactive ketones (excluding diaryl/α,β-unsaturated/α-hetero) is 1. The SMILES string of the molecule is C[C@@H]1CC2=CC3OCCOC3C[C@@H]2[C@H]2CC[C@]3(C)C(=O)CC[C@H]3[C@@H]21. The summed E-state index contributed by atoms with van der Waals surface area (Å²) in [6.45, 7) is 6.19. The minimum atomic E-state index is -0.0156. The lowest BCUT2D eigenvalue weighted by atomic mass is 9.49. The van der Waals surface area contributed by atoms with Gasteiger partial charge in [-0.2, -0.15) is 0 Å². The van der Waals surface area contributed by atoms with Crippen LogP contribution in [-0.4, -0.2) is 31.2 Å². The summed E-state index contributed by atoms with van der Waals surface area (Å²) in [5, 5.41) is 0. The highest BCUT2D eigenvalue weighted by molar-refractivity contribution is 5.87. The van der Waals surface area contributed by atoms with Crippen molar-refractivity contribution in [3.63, 3.8) is 0 Å². The maximum absolute atomic E-state index is 12.5. The Bertz CT molecular complexity index is 582. The molecule has 0 aromatic carbocycles. The first kappa shape index (κ1) is 15.6. The molecule has 0 N–H and O–H groups in total. The van der Waals surface area contributed by atoms with Gasteiger partial charge >= 0.3 is 0 Å². The molecular formula is C21H30O3. The molecule has 0 spiro atoms. The number of carbonyl (C=O) groups excluding carboxylic acids is 1. The van der Waals surface area contributed by atoms with Crippen LogP contribution < -0.4 is 0 Å². The summed E-state index contributed by atoms with van der Waals surface area (Å²) < 4.78 is 12.0. The second kappa shape index (κ2) is 5.41. The Labute approximate surface area is 145 Å². The van der Waals surface area contributed by atoms with E-state index in [1.807, 2.05) is 0 Å². The standard InChI is InChI=1S/C21H30O3/c1-12-9-13-10-17-18(24-8-7-23-17)11-15(13)14-5-6-21(2)16(20(12)14)3-4-19(21)22/h10,12,14-18,20H,3-9,11H2,1-2H3/t12-,14-,15+,16+,17?,18?,20-,21+/m1/s1. The number of carbonyl (C=O) groups is 1. The Kier molecular flexibility index (Phi) is 3.51. The van der Waals surface area contributed by atoms with Crippen molar-refractivity contribution < 1.29 is 14.3 Å². The summed E-state index contributed by atoms with van der Waals surface area (Å²) in [5.74, 6) is 4.05. The van der Waals surface area contributed by atoms with Crippen molar-refractivity contribution in [1.29, 1.82) is 0 Å². The summed E-state index contributed by atoms with van der Waals surface area (Å²) in [7, 11) is 0. The van der Waals surface area contributed by atoms with Crippen molar-refractivity contribution in [3.05, 3.63) is 11.6 Å². The average Bonchev–Trinajstić information content (AvgIpc) is 2.88. The fourth-order valence-corrected chi connectivity index (χ4v) is 7.14. The van der Waals surface area contributed by atoms with Crippen molar-refractivity contribution in [2.45, 2.75) is 64.6 Å². The van der Waals surface area contributed by atoms with E-state index in [2.05, 4.69) is 19.9 Å². The van der Waals surface area contributed by atoms with Gasteiger partial charge in [-0.3, -0.25) is 4.79 Å². The van der Waals surface area contributed by atoms with E-state index in [1.54, 1.807) is 5.57 Å². The van der Waals surface area contributed by atoms with Gasteiger partial charge in [0.2, 0.25) is 0 Å². The summed E-state index contributed by atoms with van der Waals surface area (Å²) in [6.07, 6.45) is 9.52. The van der Waals surface area contributed by atoms with Crippen LogP contribution in [0.2, 0.25) is 0 Å². The largest absolute Gasteiger partial charge is 0.373 e. The van der Waals surface area contributed by atoms with E-state index >= 15 is 0 Å². The first-order chi connectivity index (χ1) is 11.6. The number of rotatable bonds is 0. The lowest BCUT2D eigenvalue weighted by molar-refractivity contribution is -0.144. The van der Waals surface area contributed by atoms with Gasteiger partial charge in [-0.05, 0) is 61.7 Å². The second-order valence-corrected chi connectivity index (χ2v) is 9.28. The molecule has 1 saturated heterocycles. The highest BCUT2D eigenvalue weighted by atomic mass is 16.6. The third kappa shape index (κ3) is 2.07. The van der Waals surface area contributed by atoms with E-state index in [-0.39, 0.29) is 17.6 Å². The van der Waals surface area contributed by atoms with Gasteiger partial charge in [0.25, 0.3) is 0 Å². The zero-order chi connectivity index (χ0) is 16.5. The molecule has 4 aliphatic carbocycles. The van der Waals surface area contributed by atoms with Crippen LogP contribution in [0.15, 0.2) is 11.6 Å². The zero-order valence-corrected chi connectivity index (χ0v) is 15.0. The van der Waals surface area contributed by atoms with Gasteiger partial charge in [-0.25, -0.2) is 0 Å². The number of hydrogen-bond donors (Lipinski definition) is 0. The van der Waals surface area contributed by atoms with E-state index in [0.29, 0.717) is 23.5 Å². The van der Waals surface area contributed by atoms with Crippen LogP contribution in [0.1, 0.15) is 52.4 Å². The molecular weight excluding hydrogens is 300 g/mol. The Morgan fingerprint density at radius 2 is 2.04 bits per heavy atom. The monoisotopic (exact) mass is 330 g/mol. The Morgan fingerprint density at radius 1 is 1.21 bits per heavy atom. The van der Waals surface area contributed by atoms with Gasteiger partial charge in [0.1, 0.15) is 11.9 Å². The predicted octanol–water partition coefficient (Wildman–Crippen LogP) is 3.77. The second-order valence-electron chi connectivity index (χ2n) is 9.28. The fraction of sp³-hybridized carbons (Fsp3) is 0.857. The molecule has 5 aliphatic rings. The normalized spacial score (nSPS) is 53.5. The van der Waals surface area contributed by atoms with Gasteiger partial charge in [0, 0.05) is 11.8 Å². The number of allylic oxidation sites excluding steroid dienone is 1. The minimum absolute atomic E-state index is 0.0156. The van der Waals surface area contributed by atoms with Crippen LogP contribution in [0.25, 0.3) is 0 Å². The average molecular weight is 330 g/mol. The number of ether oxygens (including phenoxy) is 2. The zero-order valence-electron chi connectivity index (χ0n) is 15.0. The minimum Gasteiger partial charge on any atom is -0.373 e. The van der Waals surface area contributed by atoms with Crippen LogP contribution in [0, 0.1) is 35.0 Å². The van der Waals surface area contributed by atoms with Crippen LogP contribution in [-0.2, 0) is 14.3 Å². The van der Waals surface area contributed by atoms with Crippen molar-refractivity contribution in [2.24, 2.45) is 35.0 Å². The molecule has 1 aliphatic heterocycles. The molecule has 1 heterocycles. The van der Waals surface area contributed by atoms with Crippen molar-refractivity contribution in [1.82, 2.24) is 0 Å². The Hall–Kier alpha value is -0.670. The molecule has 0 radical (unpaired) electrons. The molecule has 132 valence electrons. The molecule has 0 bridgehead atoms. The van der Waals surface area contributed by atoms with Crippen LogP contribution in [0.3, 0.4) is 0 Å². The van der Waals surface area contributed by atoms with E-state index in [4.69, 9.17) is 9.47 Å². The molecule has 0 amide bonds. The molecule has 0 aromatic rings. The maximum Gasteiger partial charge on any atom is 0.139 e. The smallest absolute Gasteiger partial charge is 0.139 e. The molecule has 4 fully saturated rings. The molecule has 3 heteroatoms. The third-order valence-corrected chi connectivity index (χ3v) is 8.26. The number of ketones is 1. The maximum atomic E-state index is 12.5. The van der Waals surface area contributed by atoms with Crippen molar-refractivity contribution >= 4 is 5.78 Å². The van der Waals surface area contributed by atoms with Crippen LogP contribution >= 0.6 is 0 Å². The summed E-state index contributed by atoms with van der Waals surface area (Å²) in [5.41, 5.74) is 1.63. The van der Waals surface area contributed by atoms with Gasteiger partial charge in [0.05, 0.1) is 19.3 Å².